The molecule has 1 aromatic carbocycles. The second kappa shape index (κ2) is 12.6. The van der Waals surface area contributed by atoms with E-state index >= 15 is 0 Å². The predicted octanol–water partition coefficient (Wildman–Crippen LogP) is 3.55. The number of hydrogen-bond acceptors (Lipinski definition) is 4. The molecule has 1 aromatic heterocycles. The molecule has 2 aromatic rings. The molecule has 32 heavy (non-hydrogen) atoms. The van der Waals surface area contributed by atoms with Crippen LogP contribution in [0.3, 0.4) is 0 Å². The van der Waals surface area contributed by atoms with Gasteiger partial charge in [0.2, 0.25) is 0 Å². The predicted molar refractivity (Wildman–Crippen MR) is 142 cm³/mol. The van der Waals surface area contributed by atoms with Crippen LogP contribution in [-0.2, 0) is 18.3 Å². The van der Waals surface area contributed by atoms with Crippen LogP contribution in [0.1, 0.15) is 48.2 Å². The van der Waals surface area contributed by atoms with E-state index in [9.17, 15) is 0 Å². The topological polar surface area (TPSA) is 57.9 Å². The van der Waals surface area contributed by atoms with Crippen LogP contribution in [0.5, 0.6) is 0 Å². The minimum Gasteiger partial charge on any atom is -0.379 e. The van der Waals surface area contributed by atoms with E-state index in [2.05, 4.69) is 83.5 Å². The van der Waals surface area contributed by atoms with Gasteiger partial charge in [-0.2, -0.15) is 5.10 Å². The van der Waals surface area contributed by atoms with Gasteiger partial charge in [0.05, 0.1) is 24.9 Å². The lowest BCUT2D eigenvalue weighted by Gasteiger charge is -2.35. The number of nitrogens with zero attached hydrogens (tertiary/aromatic N) is 5. The molecule has 0 bridgehead atoms. The molecule has 0 saturated carbocycles. The quantitative estimate of drug-likeness (QED) is 0.323. The minimum atomic E-state index is 0. The van der Waals surface area contributed by atoms with E-state index in [0.29, 0.717) is 5.92 Å². The summed E-state index contributed by atoms with van der Waals surface area (Å²) in [5, 5.41) is 8.26. The van der Waals surface area contributed by atoms with Crippen molar-refractivity contribution >= 4 is 29.9 Å². The highest BCUT2D eigenvalue weighted by Crippen LogP contribution is 2.22. The summed E-state index contributed by atoms with van der Waals surface area (Å²) in [5.41, 5.74) is 5.00. The number of rotatable bonds is 7. The Kier molecular flexibility index (Phi) is 10.4. The molecule has 1 atom stereocenters. The molecule has 1 aliphatic rings. The van der Waals surface area contributed by atoms with Crippen LogP contribution < -0.4 is 5.32 Å². The van der Waals surface area contributed by atoms with Crippen LogP contribution in [0.25, 0.3) is 0 Å². The van der Waals surface area contributed by atoms with Gasteiger partial charge in [-0.25, -0.2) is 0 Å². The van der Waals surface area contributed by atoms with Crippen LogP contribution in [-0.4, -0.2) is 72.5 Å². The molecule has 7 nitrogen and oxygen atoms in total. The third-order valence-corrected chi connectivity index (χ3v) is 5.87. The SMILES string of the molecule is CN=C(NCC(c1ccc(C)cc1)N1CCOCC1)N(C)Cc1cn(C)nc1C(C)C.I. The second-order valence-corrected chi connectivity index (χ2v) is 8.73. The molecule has 178 valence electrons. The van der Waals surface area contributed by atoms with Crippen LogP contribution in [0.4, 0.5) is 0 Å². The highest BCUT2D eigenvalue weighted by atomic mass is 127. The fourth-order valence-electron chi connectivity index (χ4n) is 4.20. The van der Waals surface area contributed by atoms with Gasteiger partial charge in [-0.3, -0.25) is 14.6 Å². The Morgan fingerprint density at radius 2 is 1.88 bits per heavy atom. The largest absolute Gasteiger partial charge is 0.379 e. The smallest absolute Gasteiger partial charge is 0.193 e. The second-order valence-electron chi connectivity index (χ2n) is 8.73. The monoisotopic (exact) mass is 554 g/mol. The summed E-state index contributed by atoms with van der Waals surface area (Å²) in [4.78, 5) is 9.23. The van der Waals surface area contributed by atoms with Crippen molar-refractivity contribution in [2.45, 2.75) is 39.3 Å². The zero-order valence-electron chi connectivity index (χ0n) is 20.3. The summed E-state index contributed by atoms with van der Waals surface area (Å²) >= 11 is 0. The zero-order chi connectivity index (χ0) is 22.4. The first-order valence-electron chi connectivity index (χ1n) is 11.2. The Bertz CT molecular complexity index is 858. The van der Waals surface area contributed by atoms with E-state index in [0.717, 1.165) is 51.0 Å². The lowest BCUT2D eigenvalue weighted by Crippen LogP contribution is -2.46. The third kappa shape index (κ3) is 6.92. The van der Waals surface area contributed by atoms with Gasteiger partial charge in [-0.15, -0.1) is 24.0 Å². The van der Waals surface area contributed by atoms with Crippen molar-refractivity contribution in [1.82, 2.24) is 24.9 Å². The fraction of sp³-hybridized carbons (Fsp3) is 0.583. The number of nitrogens with one attached hydrogen (secondary N) is 1. The van der Waals surface area contributed by atoms with Gasteiger partial charge in [0, 0.05) is 59.1 Å². The minimum absolute atomic E-state index is 0. The Morgan fingerprint density at radius 1 is 1.22 bits per heavy atom. The summed E-state index contributed by atoms with van der Waals surface area (Å²) in [6.45, 7) is 11.5. The molecule has 1 N–H and O–H groups in total. The first-order valence-corrected chi connectivity index (χ1v) is 11.2. The van der Waals surface area contributed by atoms with E-state index in [1.165, 1.54) is 16.7 Å². The number of ether oxygens (including phenoxy) is 1. The fourth-order valence-corrected chi connectivity index (χ4v) is 4.20. The standard InChI is InChI=1S/C24H38N6O.HI/c1-18(2)23-21(17-29(6)27-23)16-28(5)24(25-4)26-15-22(30-11-13-31-14-12-30)20-9-7-19(3)8-10-20;/h7-10,17-18,22H,11-16H2,1-6H3,(H,25,26);1H. The number of halogens is 1. The molecule has 8 heteroatoms. The van der Waals surface area contributed by atoms with Crippen molar-refractivity contribution in [3.63, 3.8) is 0 Å². The number of hydrogen-bond donors (Lipinski definition) is 1. The average molecular weight is 555 g/mol. The van der Waals surface area contributed by atoms with E-state index in [1.54, 1.807) is 0 Å². The van der Waals surface area contributed by atoms with Crippen molar-refractivity contribution in [3.8, 4) is 0 Å². The molecule has 1 unspecified atom stereocenters. The molecule has 2 heterocycles. The Balaban J connectivity index is 0.00000363. The van der Waals surface area contributed by atoms with E-state index in [4.69, 9.17) is 4.74 Å². The maximum atomic E-state index is 5.59. The van der Waals surface area contributed by atoms with Gasteiger partial charge in [0.15, 0.2) is 5.96 Å². The molecule has 1 saturated heterocycles. The number of aromatic nitrogens is 2. The third-order valence-electron chi connectivity index (χ3n) is 5.87. The Hall–Kier alpha value is -1.65. The van der Waals surface area contributed by atoms with Crippen molar-refractivity contribution < 1.29 is 4.74 Å². The number of benzene rings is 1. The van der Waals surface area contributed by atoms with Crippen LogP contribution >= 0.6 is 24.0 Å². The summed E-state index contributed by atoms with van der Waals surface area (Å²) in [6.07, 6.45) is 2.11. The molecule has 0 aliphatic carbocycles. The number of aryl methyl sites for hydroxylation is 2. The van der Waals surface area contributed by atoms with Crippen molar-refractivity contribution in [2.75, 3.05) is 46.9 Å². The number of guanidine groups is 1. The Labute approximate surface area is 210 Å². The molecule has 0 amide bonds. The van der Waals surface area contributed by atoms with Gasteiger partial charge in [0.25, 0.3) is 0 Å². The molecular formula is C24H39IN6O. The molecule has 1 aliphatic heterocycles. The summed E-state index contributed by atoms with van der Waals surface area (Å²) in [5.74, 6) is 1.29. The number of aliphatic imine (C=N–C) groups is 1. The summed E-state index contributed by atoms with van der Waals surface area (Å²) in [6, 6.07) is 9.15. The number of morpholine rings is 1. The van der Waals surface area contributed by atoms with E-state index in [-0.39, 0.29) is 30.0 Å². The molecule has 3 rings (SSSR count). The van der Waals surface area contributed by atoms with Gasteiger partial charge in [-0.05, 0) is 18.4 Å². The van der Waals surface area contributed by atoms with E-state index in [1.807, 2.05) is 18.8 Å². The molecular weight excluding hydrogens is 515 g/mol. The van der Waals surface area contributed by atoms with Gasteiger partial charge in [-0.1, -0.05) is 43.7 Å². The highest BCUT2D eigenvalue weighted by molar-refractivity contribution is 14.0. The average Bonchev–Trinajstić information content (AvgIpc) is 3.13. The van der Waals surface area contributed by atoms with Gasteiger partial charge >= 0.3 is 0 Å². The van der Waals surface area contributed by atoms with Crippen molar-refractivity contribution in [1.29, 1.82) is 0 Å². The first-order chi connectivity index (χ1) is 14.9. The highest BCUT2D eigenvalue weighted by Gasteiger charge is 2.23. The van der Waals surface area contributed by atoms with Crippen LogP contribution in [0.2, 0.25) is 0 Å². The molecule has 0 spiro atoms. The first kappa shape index (κ1) is 26.6. The maximum absolute atomic E-state index is 5.59. The van der Waals surface area contributed by atoms with Gasteiger partial charge in [0.1, 0.15) is 0 Å². The van der Waals surface area contributed by atoms with Crippen molar-refractivity contribution in [3.05, 3.63) is 52.8 Å². The Morgan fingerprint density at radius 3 is 2.47 bits per heavy atom. The maximum Gasteiger partial charge on any atom is 0.193 e. The van der Waals surface area contributed by atoms with Crippen LogP contribution in [0.15, 0.2) is 35.5 Å². The zero-order valence-corrected chi connectivity index (χ0v) is 22.7. The summed E-state index contributed by atoms with van der Waals surface area (Å²) < 4.78 is 7.49. The van der Waals surface area contributed by atoms with Gasteiger partial charge < -0.3 is 15.0 Å². The summed E-state index contributed by atoms with van der Waals surface area (Å²) in [7, 11) is 5.92. The van der Waals surface area contributed by atoms with Crippen molar-refractivity contribution in [2.24, 2.45) is 12.0 Å². The lowest BCUT2D eigenvalue weighted by molar-refractivity contribution is 0.0169. The van der Waals surface area contributed by atoms with E-state index < -0.39 is 0 Å². The lowest BCUT2D eigenvalue weighted by atomic mass is 10.0. The van der Waals surface area contributed by atoms with Crippen LogP contribution in [0, 0.1) is 6.92 Å². The normalized spacial score (nSPS) is 16.0. The molecule has 1 fully saturated rings. The molecule has 0 radical (unpaired) electrons.